The minimum atomic E-state index is -0.856. The van der Waals surface area contributed by atoms with Crippen LogP contribution in [0.25, 0.3) is 0 Å². The topological polar surface area (TPSA) is 77.3 Å². The summed E-state index contributed by atoms with van der Waals surface area (Å²) in [6.07, 6.45) is 0.0270. The Hall–Kier alpha value is -1.24. The molecule has 86 valence electrons. The van der Waals surface area contributed by atoms with Crippen LogP contribution >= 0.6 is 0 Å². The molecule has 7 heteroatoms. The zero-order valence-corrected chi connectivity index (χ0v) is 10.5. The summed E-state index contributed by atoms with van der Waals surface area (Å²) in [5, 5.41) is 6.12. The molecule has 0 rings (SSSR count). The van der Waals surface area contributed by atoms with Crippen LogP contribution in [0.5, 0.6) is 0 Å². The summed E-state index contributed by atoms with van der Waals surface area (Å²) >= 11 is 0. The van der Waals surface area contributed by atoms with Gasteiger partial charge in [-0.15, -0.1) is 0 Å². The number of carbonyl (C=O) groups is 2. The second-order valence-corrected chi connectivity index (χ2v) is 4.19. The van der Waals surface area contributed by atoms with Gasteiger partial charge in [0.1, 0.15) is 0 Å². The number of carbonyl (C=O) groups excluding carboxylic acids is 2. The lowest BCUT2D eigenvalue weighted by Crippen LogP contribution is -2.04. The highest BCUT2D eigenvalue weighted by molar-refractivity contribution is 6.30. The van der Waals surface area contributed by atoms with E-state index in [-0.39, 0.29) is 6.61 Å². The van der Waals surface area contributed by atoms with Crippen molar-refractivity contribution in [2.75, 3.05) is 6.61 Å². The minimum Gasteiger partial charge on any atom is -0.507 e. The van der Waals surface area contributed by atoms with Gasteiger partial charge in [0, 0.05) is 0 Å². The van der Waals surface area contributed by atoms with Gasteiger partial charge in [-0.2, -0.15) is 0 Å². The van der Waals surface area contributed by atoms with Crippen LogP contribution in [0.4, 0.5) is 9.59 Å². The van der Waals surface area contributed by atoms with Gasteiger partial charge < -0.3 is 9.16 Å². The molecular formula is C8H16N2O4Si. The van der Waals surface area contributed by atoms with E-state index < -0.39 is 21.9 Å². The highest BCUT2D eigenvalue weighted by Crippen LogP contribution is 1.93. The van der Waals surface area contributed by atoms with Crippen LogP contribution in [0.15, 0.2) is 10.2 Å². The number of hydrogen-bond donors (Lipinski definition) is 0. The van der Waals surface area contributed by atoms with E-state index in [1.807, 2.05) is 13.8 Å². The van der Waals surface area contributed by atoms with E-state index in [2.05, 4.69) is 15.0 Å². The molecule has 0 heterocycles. The average Bonchev–Trinajstić information content (AvgIpc) is 2.24. The van der Waals surface area contributed by atoms with Crippen LogP contribution < -0.4 is 0 Å². The second-order valence-electron chi connectivity index (χ2n) is 2.78. The molecule has 0 spiro atoms. The molecule has 0 radical (unpaired) electrons. The lowest BCUT2D eigenvalue weighted by molar-refractivity contribution is 0.154. The van der Waals surface area contributed by atoms with Gasteiger partial charge in [-0.1, -0.05) is 30.5 Å². The molecule has 15 heavy (non-hydrogen) atoms. The maximum atomic E-state index is 10.8. The molecule has 0 saturated heterocycles. The van der Waals surface area contributed by atoms with Crippen molar-refractivity contribution >= 4 is 21.9 Å². The van der Waals surface area contributed by atoms with E-state index >= 15 is 0 Å². The number of ether oxygens (including phenoxy) is 1. The van der Waals surface area contributed by atoms with E-state index in [9.17, 15) is 9.59 Å². The first-order valence-corrected chi connectivity index (χ1v) is 6.53. The minimum absolute atomic E-state index is 0.275. The molecule has 0 aliphatic carbocycles. The molecule has 0 N–H and O–H groups in total. The van der Waals surface area contributed by atoms with Crippen molar-refractivity contribution in [3.63, 3.8) is 0 Å². The van der Waals surface area contributed by atoms with Crippen LogP contribution in [0.2, 0.25) is 6.04 Å². The summed E-state index contributed by atoms with van der Waals surface area (Å²) in [5.74, 6) is 0. The fraction of sp³-hybridized carbons (Fsp3) is 0.750. The maximum Gasteiger partial charge on any atom is 0.452 e. The van der Waals surface area contributed by atoms with E-state index in [0.717, 1.165) is 12.5 Å². The standard InChI is InChI=1S/C8H16N2O4Si/c1-3-5-13-7(11)9-10-8(12)14-15-6-4-2/h3-6,15H2,1-2H3. The van der Waals surface area contributed by atoms with Gasteiger partial charge >= 0.3 is 12.2 Å². The molecular weight excluding hydrogens is 216 g/mol. The molecule has 6 nitrogen and oxygen atoms in total. The van der Waals surface area contributed by atoms with Crippen LogP contribution in [0.1, 0.15) is 26.7 Å². The Balaban J connectivity index is 3.65. The largest absolute Gasteiger partial charge is 0.507 e. The van der Waals surface area contributed by atoms with Gasteiger partial charge in [0.25, 0.3) is 0 Å². The molecule has 0 saturated carbocycles. The SMILES string of the molecule is CCCOC(=O)N=NC(=O)O[SiH2]CCC. The lowest BCUT2D eigenvalue weighted by Gasteiger charge is -1.97. The Bertz CT molecular complexity index is 233. The smallest absolute Gasteiger partial charge is 0.452 e. The first kappa shape index (κ1) is 13.8. The molecule has 0 aromatic heterocycles. The number of amides is 2. The second kappa shape index (κ2) is 9.32. The van der Waals surface area contributed by atoms with Crippen molar-refractivity contribution in [1.29, 1.82) is 0 Å². The molecule has 0 aromatic carbocycles. The third-order valence-electron chi connectivity index (χ3n) is 1.37. The Labute approximate surface area is 91.0 Å². The van der Waals surface area contributed by atoms with Crippen molar-refractivity contribution in [3.8, 4) is 0 Å². The Morgan fingerprint density at radius 1 is 1.13 bits per heavy atom. The van der Waals surface area contributed by atoms with E-state index in [1.54, 1.807) is 0 Å². The zero-order chi connectivity index (χ0) is 11.5. The fourth-order valence-electron chi connectivity index (χ4n) is 0.633. The van der Waals surface area contributed by atoms with Crippen molar-refractivity contribution in [3.05, 3.63) is 0 Å². The van der Waals surface area contributed by atoms with Crippen molar-refractivity contribution in [2.45, 2.75) is 32.7 Å². The van der Waals surface area contributed by atoms with Crippen LogP contribution in [-0.4, -0.2) is 28.6 Å². The highest BCUT2D eigenvalue weighted by Gasteiger charge is 2.02. The van der Waals surface area contributed by atoms with Crippen molar-refractivity contribution in [2.24, 2.45) is 10.2 Å². The van der Waals surface area contributed by atoms with Gasteiger partial charge in [-0.3, -0.25) is 0 Å². The van der Waals surface area contributed by atoms with E-state index in [1.165, 1.54) is 0 Å². The molecule has 0 atom stereocenters. The fourth-order valence-corrected chi connectivity index (χ4v) is 1.30. The maximum absolute atomic E-state index is 10.8. The number of nitrogens with zero attached hydrogens (tertiary/aromatic N) is 2. The lowest BCUT2D eigenvalue weighted by atomic mass is 10.5. The molecule has 0 fully saturated rings. The first-order valence-electron chi connectivity index (χ1n) is 4.96. The highest BCUT2D eigenvalue weighted by atomic mass is 28.2. The average molecular weight is 232 g/mol. The third-order valence-corrected chi connectivity index (χ3v) is 2.81. The van der Waals surface area contributed by atoms with Gasteiger partial charge in [-0.25, -0.2) is 9.59 Å². The van der Waals surface area contributed by atoms with Crippen LogP contribution in [0, 0.1) is 0 Å². The van der Waals surface area contributed by atoms with Crippen LogP contribution in [0.3, 0.4) is 0 Å². The van der Waals surface area contributed by atoms with E-state index in [0.29, 0.717) is 6.42 Å². The molecule has 0 aromatic rings. The summed E-state index contributed by atoms with van der Waals surface area (Å²) in [7, 11) is -0.852. The molecule has 0 aliphatic rings. The van der Waals surface area contributed by atoms with Gasteiger partial charge in [-0.05, 0) is 12.5 Å². The summed E-state index contributed by atoms with van der Waals surface area (Å²) in [6, 6.07) is 0.904. The predicted octanol–water partition coefficient (Wildman–Crippen LogP) is 2.03. The normalized spacial score (nSPS) is 11.1. The van der Waals surface area contributed by atoms with Gasteiger partial charge in [0.15, 0.2) is 0 Å². The summed E-state index contributed by atoms with van der Waals surface area (Å²) in [5.41, 5.74) is 0. The Morgan fingerprint density at radius 3 is 2.40 bits per heavy atom. The van der Waals surface area contributed by atoms with E-state index in [4.69, 9.17) is 4.43 Å². The van der Waals surface area contributed by atoms with Crippen molar-refractivity contribution < 1.29 is 18.8 Å². The number of rotatable bonds is 5. The predicted molar refractivity (Wildman–Crippen MR) is 56.6 cm³/mol. The first-order chi connectivity index (χ1) is 7.20. The quantitative estimate of drug-likeness (QED) is 0.413. The molecule has 0 unspecified atom stereocenters. The monoisotopic (exact) mass is 232 g/mol. The number of azo groups is 1. The number of hydrogen-bond acceptors (Lipinski definition) is 4. The summed E-state index contributed by atoms with van der Waals surface area (Å²) in [6.45, 7) is 4.14. The third kappa shape index (κ3) is 9.07. The van der Waals surface area contributed by atoms with Gasteiger partial charge in [0.05, 0.1) is 6.61 Å². The molecule has 2 amide bonds. The Morgan fingerprint density at radius 2 is 1.80 bits per heavy atom. The van der Waals surface area contributed by atoms with Gasteiger partial charge in [0.2, 0.25) is 9.76 Å². The summed E-state index contributed by atoms with van der Waals surface area (Å²) < 4.78 is 9.34. The Kier molecular flexibility index (Phi) is 8.55. The van der Waals surface area contributed by atoms with Crippen LogP contribution in [-0.2, 0) is 9.16 Å². The zero-order valence-electron chi connectivity index (χ0n) is 9.06. The molecule has 0 bridgehead atoms. The van der Waals surface area contributed by atoms with Crippen molar-refractivity contribution in [1.82, 2.24) is 0 Å². The summed E-state index contributed by atoms with van der Waals surface area (Å²) in [4.78, 5) is 21.6. The molecule has 0 aliphatic heterocycles.